The summed E-state index contributed by atoms with van der Waals surface area (Å²) in [4.78, 5) is 22.0. The van der Waals surface area contributed by atoms with Crippen LogP contribution in [0, 0.1) is 0 Å². The van der Waals surface area contributed by atoms with E-state index in [1.807, 2.05) is 0 Å². The van der Waals surface area contributed by atoms with Crippen LogP contribution < -0.4 is 5.73 Å². The summed E-state index contributed by atoms with van der Waals surface area (Å²) in [6.07, 6.45) is -2.84. The largest absolute Gasteiger partial charge is 0.465 e. The predicted octanol–water partition coefficient (Wildman–Crippen LogP) is -0.467. The van der Waals surface area contributed by atoms with E-state index in [4.69, 9.17) is 10.8 Å². The monoisotopic (exact) mass is 256 g/mol. The molecule has 0 spiro atoms. The molecular weight excluding hydrogens is 244 g/mol. The number of nitrogens with two attached hydrogens (primary N) is 1. The van der Waals surface area contributed by atoms with E-state index in [9.17, 15) is 9.59 Å². The van der Waals surface area contributed by atoms with Crippen LogP contribution in [-0.2, 0) is 11.3 Å². The van der Waals surface area contributed by atoms with Gasteiger partial charge < -0.3 is 20.5 Å². The van der Waals surface area contributed by atoms with E-state index >= 15 is 0 Å². The predicted molar refractivity (Wildman–Crippen MR) is 56.2 cm³/mol. The fraction of sp³-hybridized carbons (Fsp3) is 0.500. The smallest absolute Gasteiger partial charge is 0.407 e. The van der Waals surface area contributed by atoms with E-state index < -0.39 is 18.3 Å². The molecule has 0 aliphatic carbocycles. The maximum absolute atomic E-state index is 10.6. The summed E-state index contributed by atoms with van der Waals surface area (Å²) in [5.74, 6) is 0.213. The Labute approximate surface area is 102 Å². The lowest BCUT2D eigenvalue weighted by Crippen LogP contribution is -2.26. The van der Waals surface area contributed by atoms with Gasteiger partial charge >= 0.3 is 12.2 Å². The molecule has 0 fully saturated rings. The number of hydrogen-bond donors (Lipinski definition) is 2. The summed E-state index contributed by atoms with van der Waals surface area (Å²) in [5.41, 5.74) is 4.83. The highest BCUT2D eigenvalue weighted by molar-refractivity contribution is 5.65. The summed E-state index contributed by atoms with van der Waals surface area (Å²) in [6, 6.07) is 0. The number of ether oxygens (including phenoxy) is 1. The summed E-state index contributed by atoms with van der Waals surface area (Å²) in [5, 5.41) is 23.3. The highest BCUT2D eigenvalue weighted by atomic mass is 16.6. The number of carbonyl (C=O) groups excluding carboxylic acids is 1. The average Bonchev–Trinajstić information content (AvgIpc) is 2.28. The second-order valence-electron chi connectivity index (χ2n) is 3.39. The Hall–Kier alpha value is -2.52. The van der Waals surface area contributed by atoms with Crippen molar-refractivity contribution >= 4 is 12.2 Å². The Morgan fingerprint density at radius 1 is 1.39 bits per heavy atom. The van der Waals surface area contributed by atoms with Crippen LogP contribution in [-0.4, -0.2) is 49.6 Å². The Morgan fingerprint density at radius 3 is 2.39 bits per heavy atom. The summed E-state index contributed by atoms with van der Waals surface area (Å²) >= 11 is 0. The maximum atomic E-state index is 10.6. The topological polar surface area (TPSA) is 144 Å². The summed E-state index contributed by atoms with van der Waals surface area (Å²) in [6.45, 7) is 1.47. The lowest BCUT2D eigenvalue weighted by molar-refractivity contribution is 0.110. The molecule has 0 aliphatic heterocycles. The molecule has 10 nitrogen and oxygen atoms in total. The second-order valence-corrected chi connectivity index (χ2v) is 3.39. The number of carbonyl (C=O) groups is 2. The molecule has 1 rings (SSSR count). The maximum Gasteiger partial charge on any atom is 0.407 e. The van der Waals surface area contributed by atoms with E-state index in [1.54, 1.807) is 0 Å². The van der Waals surface area contributed by atoms with Crippen LogP contribution in [0.25, 0.3) is 0 Å². The number of aromatic nitrogens is 4. The van der Waals surface area contributed by atoms with Crippen molar-refractivity contribution in [3.63, 3.8) is 0 Å². The molecule has 1 aromatic rings. The van der Waals surface area contributed by atoms with Crippen molar-refractivity contribution < 1.29 is 19.4 Å². The van der Waals surface area contributed by atoms with Crippen LogP contribution >= 0.6 is 0 Å². The van der Waals surface area contributed by atoms with Crippen molar-refractivity contribution in [1.29, 1.82) is 0 Å². The lowest BCUT2D eigenvalue weighted by atomic mass is 10.4. The second kappa shape index (κ2) is 5.70. The highest BCUT2D eigenvalue weighted by Crippen LogP contribution is 2.09. The number of nitrogens with zero attached hydrogens (tertiary/aromatic N) is 5. The zero-order valence-electron chi connectivity index (χ0n) is 9.77. The molecule has 1 heterocycles. The van der Waals surface area contributed by atoms with Gasteiger partial charge in [0.05, 0.1) is 6.54 Å². The van der Waals surface area contributed by atoms with Gasteiger partial charge in [0.2, 0.25) is 5.82 Å². The molecule has 0 aromatic carbocycles. The number of carboxylic acid groups (broad SMARTS) is 1. The minimum absolute atomic E-state index is 0.0410. The van der Waals surface area contributed by atoms with Crippen molar-refractivity contribution in [2.24, 2.45) is 5.73 Å². The van der Waals surface area contributed by atoms with Crippen molar-refractivity contribution in [1.82, 2.24) is 25.3 Å². The number of primary amides is 1. The van der Waals surface area contributed by atoms with Gasteiger partial charge in [-0.2, -0.15) is 0 Å². The Bertz CT molecular complexity index is 436. The third-order valence-electron chi connectivity index (χ3n) is 1.90. The van der Waals surface area contributed by atoms with Gasteiger partial charge in [-0.25, -0.2) is 9.59 Å². The van der Waals surface area contributed by atoms with Gasteiger partial charge in [0, 0.05) is 7.05 Å². The molecule has 98 valence electrons. The molecule has 0 aliphatic rings. The molecular formula is C8H12N6O4. The fourth-order valence-corrected chi connectivity index (χ4v) is 0.990. The summed E-state index contributed by atoms with van der Waals surface area (Å²) < 4.78 is 4.62. The average molecular weight is 256 g/mol. The van der Waals surface area contributed by atoms with Crippen LogP contribution in [0.3, 0.4) is 0 Å². The molecule has 0 bridgehead atoms. The van der Waals surface area contributed by atoms with E-state index in [0.717, 1.165) is 4.90 Å². The molecule has 0 saturated carbocycles. The highest BCUT2D eigenvalue weighted by Gasteiger charge is 2.15. The van der Waals surface area contributed by atoms with Gasteiger partial charge in [-0.15, -0.1) is 20.4 Å². The first-order valence-corrected chi connectivity index (χ1v) is 4.86. The third-order valence-corrected chi connectivity index (χ3v) is 1.90. The number of rotatable bonds is 4. The standard InChI is InChI=1S/C8H12N6O4/c1-4(18-7(9)15)6-12-10-5(11-13-6)3-14(2)8(16)17/h4H,3H2,1-2H3,(H2,9,15)(H,16,17). The van der Waals surface area contributed by atoms with E-state index in [1.165, 1.54) is 14.0 Å². The first kappa shape index (κ1) is 13.5. The minimum Gasteiger partial charge on any atom is -0.465 e. The van der Waals surface area contributed by atoms with Crippen LogP contribution in [0.2, 0.25) is 0 Å². The van der Waals surface area contributed by atoms with Gasteiger partial charge in [0.1, 0.15) is 0 Å². The molecule has 1 atom stereocenters. The van der Waals surface area contributed by atoms with Crippen molar-refractivity contribution in [3.8, 4) is 0 Å². The van der Waals surface area contributed by atoms with E-state index in [2.05, 4.69) is 25.1 Å². The van der Waals surface area contributed by atoms with Crippen LogP contribution in [0.4, 0.5) is 9.59 Å². The first-order valence-electron chi connectivity index (χ1n) is 4.86. The molecule has 0 saturated heterocycles. The van der Waals surface area contributed by atoms with Gasteiger partial charge in [-0.1, -0.05) is 0 Å². The first-order chi connectivity index (χ1) is 8.40. The molecule has 18 heavy (non-hydrogen) atoms. The SMILES string of the molecule is CC(OC(N)=O)c1nnc(CN(C)C(=O)O)nn1. The van der Waals surface area contributed by atoms with E-state index in [0.29, 0.717) is 0 Å². The Balaban J connectivity index is 2.68. The quantitative estimate of drug-likeness (QED) is 0.735. The molecule has 3 N–H and O–H groups in total. The molecule has 1 aromatic heterocycles. The third kappa shape index (κ3) is 3.81. The lowest BCUT2D eigenvalue weighted by Gasteiger charge is -2.11. The molecule has 2 amide bonds. The Kier molecular flexibility index (Phi) is 4.29. The van der Waals surface area contributed by atoms with Gasteiger partial charge in [-0.3, -0.25) is 0 Å². The number of hydrogen-bond acceptors (Lipinski definition) is 7. The van der Waals surface area contributed by atoms with Crippen LogP contribution in [0.1, 0.15) is 24.7 Å². The molecule has 0 radical (unpaired) electrons. The van der Waals surface area contributed by atoms with Crippen molar-refractivity contribution in [2.45, 2.75) is 19.6 Å². The summed E-state index contributed by atoms with van der Waals surface area (Å²) in [7, 11) is 1.36. The minimum atomic E-state index is -1.12. The Morgan fingerprint density at radius 2 is 1.94 bits per heavy atom. The van der Waals surface area contributed by atoms with Crippen LogP contribution in [0.15, 0.2) is 0 Å². The zero-order chi connectivity index (χ0) is 13.7. The van der Waals surface area contributed by atoms with E-state index in [-0.39, 0.29) is 18.2 Å². The van der Waals surface area contributed by atoms with Crippen molar-refractivity contribution in [2.75, 3.05) is 7.05 Å². The normalized spacial score (nSPS) is 11.7. The molecule has 10 heteroatoms. The molecule has 1 unspecified atom stereocenters. The van der Waals surface area contributed by atoms with Gasteiger partial charge in [0.25, 0.3) is 0 Å². The van der Waals surface area contributed by atoms with Gasteiger partial charge in [-0.05, 0) is 6.92 Å². The fourth-order valence-electron chi connectivity index (χ4n) is 0.990. The van der Waals surface area contributed by atoms with Crippen molar-refractivity contribution in [3.05, 3.63) is 11.6 Å². The number of amides is 2. The van der Waals surface area contributed by atoms with Crippen LogP contribution in [0.5, 0.6) is 0 Å². The van der Waals surface area contributed by atoms with Gasteiger partial charge in [0.15, 0.2) is 11.9 Å². The zero-order valence-corrected chi connectivity index (χ0v) is 9.77.